The van der Waals surface area contributed by atoms with Crippen molar-refractivity contribution in [1.29, 1.82) is 0 Å². The number of nitrogens with zero attached hydrogens (tertiary/aromatic N) is 2. The van der Waals surface area contributed by atoms with Gasteiger partial charge in [0.1, 0.15) is 10.7 Å². The predicted octanol–water partition coefficient (Wildman–Crippen LogP) is 1.35. The number of anilines is 2. The molecule has 0 bridgehead atoms. The van der Waals surface area contributed by atoms with Gasteiger partial charge in [-0.1, -0.05) is 23.5 Å². The number of aromatic nitrogens is 1. The average molecular weight is 309 g/mol. The molecule has 0 unspecified atom stereocenters. The molecule has 1 aliphatic rings. The number of thiazole rings is 1. The zero-order valence-corrected chi connectivity index (χ0v) is 13.2. The molecule has 2 rings (SSSR count). The first-order chi connectivity index (χ1) is 10.1. The van der Waals surface area contributed by atoms with Crippen molar-refractivity contribution in [2.24, 2.45) is 5.73 Å². The number of carbonyl (C=O) groups is 1. The number of hydrogen-bond donors (Lipinski definition) is 3. The Morgan fingerprint density at radius 2 is 2.24 bits per heavy atom. The van der Waals surface area contributed by atoms with E-state index in [1.807, 2.05) is 19.1 Å². The molecule has 0 spiro atoms. The smallest absolute Gasteiger partial charge is 0.265 e. The number of nitrogens with one attached hydrogen (secondary N) is 1. The minimum absolute atomic E-state index is 0.144. The highest BCUT2D eigenvalue weighted by molar-refractivity contribution is 7.18. The Morgan fingerprint density at radius 1 is 1.52 bits per heavy atom. The summed E-state index contributed by atoms with van der Waals surface area (Å²) in [4.78, 5) is 19.1. The number of piperidine rings is 1. The molecule has 7 heteroatoms. The second kappa shape index (κ2) is 7.42. The Hall–Kier alpha value is -1.60. The van der Waals surface area contributed by atoms with Crippen LogP contribution in [0.2, 0.25) is 0 Å². The maximum atomic E-state index is 12.1. The summed E-state index contributed by atoms with van der Waals surface area (Å²) in [5.41, 5.74) is 11.8. The molecule has 1 amide bonds. The van der Waals surface area contributed by atoms with Crippen molar-refractivity contribution in [2.45, 2.75) is 32.2 Å². The van der Waals surface area contributed by atoms with Crippen LogP contribution in [0.15, 0.2) is 12.2 Å². The van der Waals surface area contributed by atoms with Gasteiger partial charge in [0.15, 0.2) is 5.13 Å². The number of carbonyl (C=O) groups excluding carboxylic acids is 1. The molecule has 2 heterocycles. The maximum Gasteiger partial charge on any atom is 0.265 e. The molecule has 0 aliphatic carbocycles. The molecule has 1 aliphatic heterocycles. The quantitative estimate of drug-likeness (QED) is 0.563. The molecule has 1 saturated heterocycles. The number of nitrogens with two attached hydrogens (primary N) is 2. The zero-order chi connectivity index (χ0) is 15.2. The lowest BCUT2D eigenvalue weighted by Crippen LogP contribution is -2.39. The summed E-state index contributed by atoms with van der Waals surface area (Å²) in [5, 5.41) is 3.68. The van der Waals surface area contributed by atoms with Crippen molar-refractivity contribution in [1.82, 2.24) is 10.3 Å². The third-order valence-electron chi connectivity index (χ3n) is 3.49. The molecule has 0 atom stereocenters. The van der Waals surface area contributed by atoms with Crippen LogP contribution in [0.1, 0.15) is 35.9 Å². The summed E-state index contributed by atoms with van der Waals surface area (Å²) in [6, 6.07) is 0.271. The zero-order valence-electron chi connectivity index (χ0n) is 12.3. The van der Waals surface area contributed by atoms with E-state index >= 15 is 0 Å². The lowest BCUT2D eigenvalue weighted by molar-refractivity contribution is 0.0959. The van der Waals surface area contributed by atoms with E-state index in [4.69, 9.17) is 11.5 Å². The van der Waals surface area contributed by atoms with Crippen LogP contribution in [0.25, 0.3) is 0 Å². The van der Waals surface area contributed by atoms with Crippen molar-refractivity contribution in [3.8, 4) is 0 Å². The SMILES string of the molecule is C/C=C/CCNC(=O)c1sc(N2CCC(N)CC2)nc1N. The van der Waals surface area contributed by atoms with Crippen LogP contribution in [-0.4, -0.2) is 36.6 Å². The summed E-state index contributed by atoms with van der Waals surface area (Å²) in [6.07, 6.45) is 6.69. The van der Waals surface area contributed by atoms with E-state index < -0.39 is 0 Å². The fourth-order valence-electron chi connectivity index (χ4n) is 2.22. The van der Waals surface area contributed by atoms with Crippen LogP contribution in [0.5, 0.6) is 0 Å². The van der Waals surface area contributed by atoms with Gasteiger partial charge in [0.2, 0.25) is 0 Å². The summed E-state index contributed by atoms with van der Waals surface area (Å²) in [7, 11) is 0. The minimum atomic E-state index is -0.144. The standard InChI is InChI=1S/C14H23N5OS/c1-2-3-4-7-17-13(20)11-12(16)18-14(21-11)19-8-5-10(15)6-9-19/h2-3,10H,4-9,15-16H2,1H3,(H,17,20)/b3-2+. The number of nitrogen functional groups attached to an aromatic ring is 1. The average Bonchev–Trinajstić information content (AvgIpc) is 2.86. The fraction of sp³-hybridized carbons (Fsp3) is 0.571. The summed E-state index contributed by atoms with van der Waals surface area (Å²) in [5.74, 6) is 0.169. The Balaban J connectivity index is 1.96. The molecule has 116 valence electrons. The molecule has 6 nitrogen and oxygen atoms in total. The Kier molecular flexibility index (Phi) is 5.58. The van der Waals surface area contributed by atoms with E-state index in [2.05, 4.69) is 15.2 Å². The molecular weight excluding hydrogens is 286 g/mol. The molecule has 0 aromatic carbocycles. The van der Waals surface area contributed by atoms with E-state index in [-0.39, 0.29) is 11.9 Å². The Morgan fingerprint density at radius 3 is 2.90 bits per heavy atom. The summed E-state index contributed by atoms with van der Waals surface area (Å²) >= 11 is 1.36. The van der Waals surface area contributed by atoms with Crippen molar-refractivity contribution in [2.75, 3.05) is 30.3 Å². The number of allylic oxidation sites excluding steroid dienone is 1. The van der Waals surface area contributed by atoms with E-state index in [0.717, 1.165) is 37.5 Å². The largest absolute Gasteiger partial charge is 0.382 e. The third kappa shape index (κ3) is 4.18. The van der Waals surface area contributed by atoms with Crippen molar-refractivity contribution >= 4 is 28.2 Å². The highest BCUT2D eigenvalue weighted by Gasteiger charge is 2.22. The molecule has 1 fully saturated rings. The van der Waals surface area contributed by atoms with Gasteiger partial charge in [-0.2, -0.15) is 0 Å². The molecular formula is C14H23N5OS. The predicted molar refractivity (Wildman–Crippen MR) is 87.7 cm³/mol. The van der Waals surface area contributed by atoms with Gasteiger partial charge < -0.3 is 21.7 Å². The van der Waals surface area contributed by atoms with Gasteiger partial charge in [-0.15, -0.1) is 0 Å². The molecule has 1 aromatic heterocycles. The van der Waals surface area contributed by atoms with Gasteiger partial charge in [0.25, 0.3) is 5.91 Å². The van der Waals surface area contributed by atoms with Gasteiger partial charge in [0.05, 0.1) is 0 Å². The van der Waals surface area contributed by atoms with Crippen LogP contribution in [0.4, 0.5) is 10.9 Å². The summed E-state index contributed by atoms with van der Waals surface area (Å²) in [6.45, 7) is 4.31. The highest BCUT2D eigenvalue weighted by Crippen LogP contribution is 2.29. The minimum Gasteiger partial charge on any atom is -0.382 e. The molecule has 0 radical (unpaired) electrons. The first-order valence-corrected chi connectivity index (χ1v) is 8.09. The van der Waals surface area contributed by atoms with Gasteiger partial charge in [-0.3, -0.25) is 4.79 Å². The number of amides is 1. The van der Waals surface area contributed by atoms with E-state index in [1.165, 1.54) is 11.3 Å². The van der Waals surface area contributed by atoms with Crippen LogP contribution in [-0.2, 0) is 0 Å². The lowest BCUT2D eigenvalue weighted by Gasteiger charge is -2.29. The van der Waals surface area contributed by atoms with Gasteiger partial charge in [-0.25, -0.2) is 4.98 Å². The van der Waals surface area contributed by atoms with Gasteiger partial charge >= 0.3 is 0 Å². The van der Waals surface area contributed by atoms with Crippen molar-refractivity contribution < 1.29 is 4.79 Å². The fourth-order valence-corrected chi connectivity index (χ4v) is 3.18. The van der Waals surface area contributed by atoms with Crippen LogP contribution in [0.3, 0.4) is 0 Å². The maximum absolute atomic E-state index is 12.1. The Labute approximate surface area is 129 Å². The first kappa shape index (κ1) is 15.8. The number of hydrogen-bond acceptors (Lipinski definition) is 6. The van der Waals surface area contributed by atoms with Gasteiger partial charge in [0, 0.05) is 25.7 Å². The molecule has 5 N–H and O–H groups in total. The van der Waals surface area contributed by atoms with Crippen LogP contribution >= 0.6 is 11.3 Å². The molecule has 21 heavy (non-hydrogen) atoms. The van der Waals surface area contributed by atoms with Gasteiger partial charge in [-0.05, 0) is 26.2 Å². The normalized spacial score (nSPS) is 16.6. The monoisotopic (exact) mass is 309 g/mol. The topological polar surface area (TPSA) is 97.3 Å². The first-order valence-electron chi connectivity index (χ1n) is 7.28. The van der Waals surface area contributed by atoms with Crippen LogP contribution in [0, 0.1) is 0 Å². The molecule has 1 aromatic rings. The number of rotatable bonds is 5. The Bertz CT molecular complexity index is 505. The van der Waals surface area contributed by atoms with E-state index in [9.17, 15) is 4.79 Å². The second-order valence-corrected chi connectivity index (χ2v) is 6.13. The highest BCUT2D eigenvalue weighted by atomic mass is 32.1. The second-order valence-electron chi connectivity index (χ2n) is 5.15. The van der Waals surface area contributed by atoms with E-state index in [0.29, 0.717) is 17.2 Å². The molecule has 0 saturated carbocycles. The van der Waals surface area contributed by atoms with E-state index in [1.54, 1.807) is 0 Å². The van der Waals surface area contributed by atoms with Crippen molar-refractivity contribution in [3.63, 3.8) is 0 Å². The lowest BCUT2D eigenvalue weighted by atomic mass is 10.1. The van der Waals surface area contributed by atoms with Crippen LogP contribution < -0.4 is 21.7 Å². The summed E-state index contributed by atoms with van der Waals surface area (Å²) < 4.78 is 0. The third-order valence-corrected chi connectivity index (χ3v) is 4.62. The van der Waals surface area contributed by atoms with Crippen molar-refractivity contribution in [3.05, 3.63) is 17.0 Å².